The average Bonchev–Trinajstić information content (AvgIpc) is 3.03. The predicted octanol–water partition coefficient (Wildman–Crippen LogP) is -0.0860. The zero-order valence-electron chi connectivity index (χ0n) is 16.7. The van der Waals surface area contributed by atoms with Gasteiger partial charge >= 0.3 is 0 Å². The van der Waals surface area contributed by atoms with Crippen LogP contribution in [0.4, 0.5) is 0 Å². The van der Waals surface area contributed by atoms with E-state index in [9.17, 15) is 14.4 Å². The number of rotatable bonds is 6. The molecule has 0 saturated carbocycles. The lowest BCUT2D eigenvalue weighted by Crippen LogP contribution is -2.52. The van der Waals surface area contributed by atoms with E-state index in [0.717, 1.165) is 57.8 Å². The Labute approximate surface area is 171 Å². The fourth-order valence-electron chi connectivity index (χ4n) is 4.47. The number of imide groups is 1. The summed E-state index contributed by atoms with van der Waals surface area (Å²) in [5, 5.41) is 2.35. The Kier molecular flexibility index (Phi) is 5.94. The van der Waals surface area contributed by atoms with Crippen molar-refractivity contribution in [2.75, 3.05) is 39.3 Å². The van der Waals surface area contributed by atoms with Gasteiger partial charge in [-0.3, -0.25) is 24.6 Å². The number of carbonyl (C=O) groups is 3. The molecular weight excluding hydrogens is 370 g/mol. The van der Waals surface area contributed by atoms with Gasteiger partial charge in [-0.25, -0.2) is 0 Å². The standard InChI is InChI=1S/C21H29N5O3/c22-6-1-7-24-8-10-25(11-9-24)13-15-2-3-17-16(12-15)14-26(21(17)29)18-4-5-19(27)23-20(18)28/h2-3,12,18H,1,4-11,13-14,22H2,(H,23,27,28). The maximum Gasteiger partial charge on any atom is 0.255 e. The number of hydrogen-bond donors (Lipinski definition) is 2. The van der Waals surface area contributed by atoms with E-state index >= 15 is 0 Å². The van der Waals surface area contributed by atoms with Crippen molar-refractivity contribution in [2.24, 2.45) is 5.73 Å². The Bertz CT molecular complexity index is 804. The third kappa shape index (κ3) is 4.34. The number of nitrogens with zero attached hydrogens (tertiary/aromatic N) is 3. The van der Waals surface area contributed by atoms with Gasteiger partial charge in [-0.05, 0) is 43.1 Å². The van der Waals surface area contributed by atoms with E-state index in [1.54, 1.807) is 4.90 Å². The molecule has 1 aromatic carbocycles. The molecule has 2 saturated heterocycles. The molecule has 3 N–H and O–H groups in total. The smallest absolute Gasteiger partial charge is 0.255 e. The second-order valence-corrected chi connectivity index (χ2v) is 8.15. The second-order valence-electron chi connectivity index (χ2n) is 8.15. The van der Waals surface area contributed by atoms with E-state index in [0.29, 0.717) is 18.5 Å². The summed E-state index contributed by atoms with van der Waals surface area (Å²) in [7, 11) is 0. The quantitative estimate of drug-likeness (QED) is 0.649. The molecule has 8 nitrogen and oxygen atoms in total. The lowest BCUT2D eigenvalue weighted by molar-refractivity contribution is -0.136. The first kappa shape index (κ1) is 20.0. The highest BCUT2D eigenvalue weighted by molar-refractivity contribution is 6.05. The van der Waals surface area contributed by atoms with Crippen molar-refractivity contribution in [2.45, 2.75) is 38.4 Å². The van der Waals surface area contributed by atoms with Crippen LogP contribution >= 0.6 is 0 Å². The van der Waals surface area contributed by atoms with Crippen LogP contribution in [0.25, 0.3) is 0 Å². The van der Waals surface area contributed by atoms with Crippen LogP contribution < -0.4 is 11.1 Å². The van der Waals surface area contributed by atoms with Crippen LogP contribution in [0.2, 0.25) is 0 Å². The summed E-state index contributed by atoms with van der Waals surface area (Å²) in [5.41, 5.74) is 8.43. The molecule has 1 aromatic rings. The monoisotopic (exact) mass is 399 g/mol. The normalized spacial score (nSPS) is 23.4. The molecule has 1 unspecified atom stereocenters. The van der Waals surface area contributed by atoms with E-state index < -0.39 is 6.04 Å². The summed E-state index contributed by atoms with van der Waals surface area (Å²) in [5.74, 6) is -0.745. The number of nitrogens with two attached hydrogens (primary N) is 1. The van der Waals surface area contributed by atoms with Gasteiger partial charge in [0, 0.05) is 51.3 Å². The lowest BCUT2D eigenvalue weighted by atomic mass is 10.0. The first-order valence-electron chi connectivity index (χ1n) is 10.5. The molecule has 8 heteroatoms. The number of benzene rings is 1. The predicted molar refractivity (Wildman–Crippen MR) is 108 cm³/mol. The van der Waals surface area contributed by atoms with Crippen molar-refractivity contribution in [3.63, 3.8) is 0 Å². The Morgan fingerprint density at radius 3 is 2.55 bits per heavy atom. The van der Waals surface area contributed by atoms with Gasteiger partial charge in [0.2, 0.25) is 11.8 Å². The van der Waals surface area contributed by atoms with Gasteiger partial charge in [-0.1, -0.05) is 12.1 Å². The maximum absolute atomic E-state index is 12.8. The van der Waals surface area contributed by atoms with Gasteiger partial charge in [0.25, 0.3) is 5.91 Å². The highest BCUT2D eigenvalue weighted by Gasteiger charge is 2.39. The molecule has 0 radical (unpaired) electrons. The van der Waals surface area contributed by atoms with Gasteiger partial charge in [0.15, 0.2) is 0 Å². The Morgan fingerprint density at radius 1 is 1.07 bits per heavy atom. The van der Waals surface area contributed by atoms with E-state index in [2.05, 4.69) is 21.2 Å². The molecule has 0 bridgehead atoms. The van der Waals surface area contributed by atoms with Gasteiger partial charge in [0.1, 0.15) is 6.04 Å². The molecule has 2 fully saturated rings. The van der Waals surface area contributed by atoms with Crippen LogP contribution in [-0.4, -0.2) is 77.7 Å². The fourth-order valence-corrected chi connectivity index (χ4v) is 4.47. The Balaban J connectivity index is 1.37. The molecule has 0 aliphatic carbocycles. The number of hydrogen-bond acceptors (Lipinski definition) is 6. The zero-order valence-corrected chi connectivity index (χ0v) is 16.7. The minimum absolute atomic E-state index is 0.116. The van der Waals surface area contributed by atoms with Crippen molar-refractivity contribution >= 4 is 17.7 Å². The number of piperidine rings is 1. The Hall–Kier alpha value is -2.29. The molecule has 156 valence electrons. The number of fused-ring (bicyclic) bond motifs is 1. The minimum atomic E-state index is -0.558. The average molecular weight is 399 g/mol. The first-order chi connectivity index (χ1) is 14.0. The van der Waals surface area contributed by atoms with Crippen molar-refractivity contribution in [1.82, 2.24) is 20.0 Å². The lowest BCUT2D eigenvalue weighted by Gasteiger charge is -2.34. The van der Waals surface area contributed by atoms with E-state index in [1.807, 2.05) is 12.1 Å². The van der Waals surface area contributed by atoms with Gasteiger partial charge in [-0.2, -0.15) is 0 Å². The summed E-state index contributed by atoms with van der Waals surface area (Å²) >= 11 is 0. The van der Waals surface area contributed by atoms with E-state index in [-0.39, 0.29) is 24.1 Å². The highest BCUT2D eigenvalue weighted by atomic mass is 16.2. The molecule has 3 aliphatic rings. The number of piperazine rings is 1. The van der Waals surface area contributed by atoms with Crippen LogP contribution in [0, 0.1) is 0 Å². The SMILES string of the molecule is NCCCN1CCN(Cc2ccc3c(c2)CN(C2CCC(=O)NC2=O)C3=O)CC1. The van der Waals surface area contributed by atoms with Crippen LogP contribution in [0.5, 0.6) is 0 Å². The molecule has 1 atom stereocenters. The summed E-state index contributed by atoms with van der Waals surface area (Å²) in [6, 6.07) is 5.44. The summed E-state index contributed by atoms with van der Waals surface area (Å²) in [6.45, 7) is 7.29. The summed E-state index contributed by atoms with van der Waals surface area (Å²) in [4.78, 5) is 42.8. The second kappa shape index (κ2) is 8.61. The van der Waals surface area contributed by atoms with Crippen LogP contribution in [0.15, 0.2) is 18.2 Å². The topological polar surface area (TPSA) is 99.0 Å². The van der Waals surface area contributed by atoms with Gasteiger partial charge in [-0.15, -0.1) is 0 Å². The van der Waals surface area contributed by atoms with Crippen molar-refractivity contribution in [3.05, 3.63) is 34.9 Å². The van der Waals surface area contributed by atoms with Crippen LogP contribution in [0.1, 0.15) is 40.7 Å². The largest absolute Gasteiger partial charge is 0.330 e. The summed E-state index contributed by atoms with van der Waals surface area (Å²) < 4.78 is 0. The van der Waals surface area contributed by atoms with E-state index in [1.165, 1.54) is 5.56 Å². The minimum Gasteiger partial charge on any atom is -0.330 e. The molecule has 3 amide bonds. The molecule has 4 rings (SSSR count). The number of carbonyl (C=O) groups excluding carboxylic acids is 3. The third-order valence-corrected chi connectivity index (χ3v) is 6.14. The number of nitrogens with one attached hydrogen (secondary N) is 1. The Morgan fingerprint density at radius 2 is 1.83 bits per heavy atom. The van der Waals surface area contributed by atoms with Crippen molar-refractivity contribution in [1.29, 1.82) is 0 Å². The molecule has 0 aromatic heterocycles. The highest BCUT2D eigenvalue weighted by Crippen LogP contribution is 2.28. The first-order valence-corrected chi connectivity index (χ1v) is 10.5. The number of amides is 3. The molecule has 29 heavy (non-hydrogen) atoms. The molecule has 3 aliphatic heterocycles. The van der Waals surface area contributed by atoms with Gasteiger partial charge < -0.3 is 15.5 Å². The zero-order chi connectivity index (χ0) is 20.4. The van der Waals surface area contributed by atoms with Crippen molar-refractivity contribution in [3.8, 4) is 0 Å². The van der Waals surface area contributed by atoms with Crippen molar-refractivity contribution < 1.29 is 14.4 Å². The summed E-state index contributed by atoms with van der Waals surface area (Å²) in [6.07, 6.45) is 1.72. The van der Waals surface area contributed by atoms with E-state index in [4.69, 9.17) is 5.73 Å². The molecular formula is C21H29N5O3. The fraction of sp³-hybridized carbons (Fsp3) is 0.571. The maximum atomic E-state index is 12.8. The van der Waals surface area contributed by atoms with Crippen LogP contribution in [-0.2, 0) is 22.7 Å². The third-order valence-electron chi connectivity index (χ3n) is 6.14. The molecule has 3 heterocycles. The van der Waals surface area contributed by atoms with Gasteiger partial charge in [0.05, 0.1) is 0 Å². The molecule has 0 spiro atoms. The van der Waals surface area contributed by atoms with Crippen LogP contribution in [0.3, 0.4) is 0 Å².